The van der Waals surface area contributed by atoms with Crippen LogP contribution in [0.15, 0.2) is 36.4 Å². The second-order valence-electron chi connectivity index (χ2n) is 5.95. The van der Waals surface area contributed by atoms with Crippen LogP contribution < -0.4 is 10.5 Å². The van der Waals surface area contributed by atoms with Crippen molar-refractivity contribution in [2.24, 2.45) is 11.7 Å². The van der Waals surface area contributed by atoms with E-state index in [0.717, 1.165) is 31.2 Å². The Hall–Kier alpha value is -1.58. The highest BCUT2D eigenvalue weighted by Gasteiger charge is 2.22. The monoisotopic (exact) mass is 284 g/mol. The van der Waals surface area contributed by atoms with Gasteiger partial charge in [-0.25, -0.2) is 0 Å². The Balaban J connectivity index is 1.80. The van der Waals surface area contributed by atoms with Crippen LogP contribution in [-0.4, -0.2) is 38.2 Å². The average Bonchev–Trinajstić information content (AvgIpc) is 2.95. The van der Waals surface area contributed by atoms with E-state index in [4.69, 9.17) is 10.5 Å². The highest BCUT2D eigenvalue weighted by molar-refractivity contribution is 5.87. The van der Waals surface area contributed by atoms with Gasteiger partial charge in [-0.2, -0.15) is 0 Å². The number of hydrogen-bond donors (Lipinski definition) is 1. The third-order valence-electron chi connectivity index (χ3n) is 4.50. The summed E-state index contributed by atoms with van der Waals surface area (Å²) in [5.41, 5.74) is 7.09. The van der Waals surface area contributed by atoms with Crippen LogP contribution >= 0.6 is 0 Å². The van der Waals surface area contributed by atoms with Crippen LogP contribution in [0.2, 0.25) is 0 Å². The molecule has 2 aromatic carbocycles. The molecule has 1 atom stereocenters. The fourth-order valence-electron chi connectivity index (χ4n) is 3.40. The van der Waals surface area contributed by atoms with Crippen molar-refractivity contribution >= 4 is 10.8 Å². The van der Waals surface area contributed by atoms with Crippen molar-refractivity contribution < 1.29 is 4.74 Å². The van der Waals surface area contributed by atoms with Gasteiger partial charge in [0, 0.05) is 19.6 Å². The van der Waals surface area contributed by atoms with Gasteiger partial charge in [-0.3, -0.25) is 0 Å². The van der Waals surface area contributed by atoms with E-state index in [-0.39, 0.29) is 0 Å². The molecule has 0 amide bonds. The fraction of sp³-hybridized carbons (Fsp3) is 0.444. The molecule has 0 bridgehead atoms. The highest BCUT2D eigenvalue weighted by Crippen LogP contribution is 2.28. The molecular formula is C18H24N2O. The number of fused-ring (bicyclic) bond motifs is 1. The number of likely N-dealkylation sites (tertiary alicyclic amines) is 1. The molecule has 112 valence electrons. The Kier molecular flexibility index (Phi) is 4.42. The molecule has 3 nitrogen and oxygen atoms in total. The number of nitrogens with two attached hydrogens (primary N) is 1. The molecule has 0 radical (unpaired) electrons. The maximum absolute atomic E-state index is 5.66. The lowest BCUT2D eigenvalue weighted by Crippen LogP contribution is -2.27. The van der Waals surface area contributed by atoms with E-state index >= 15 is 0 Å². The summed E-state index contributed by atoms with van der Waals surface area (Å²) in [5, 5.41) is 2.62. The van der Waals surface area contributed by atoms with Gasteiger partial charge in [0.1, 0.15) is 5.75 Å². The third-order valence-corrected chi connectivity index (χ3v) is 4.50. The predicted molar refractivity (Wildman–Crippen MR) is 87.8 cm³/mol. The molecule has 1 unspecified atom stereocenters. The van der Waals surface area contributed by atoms with E-state index in [2.05, 4.69) is 35.2 Å². The maximum atomic E-state index is 5.66. The number of rotatable bonds is 5. The first kappa shape index (κ1) is 14.4. The summed E-state index contributed by atoms with van der Waals surface area (Å²) in [6, 6.07) is 12.9. The smallest absolute Gasteiger partial charge is 0.119 e. The van der Waals surface area contributed by atoms with Crippen molar-refractivity contribution in [2.75, 3.05) is 33.3 Å². The average molecular weight is 284 g/mol. The first-order valence-corrected chi connectivity index (χ1v) is 7.78. The largest absolute Gasteiger partial charge is 0.497 e. The van der Waals surface area contributed by atoms with Crippen molar-refractivity contribution in [1.29, 1.82) is 0 Å². The summed E-state index contributed by atoms with van der Waals surface area (Å²) in [7, 11) is 1.73. The number of methoxy groups -OCH3 is 1. The van der Waals surface area contributed by atoms with Gasteiger partial charge >= 0.3 is 0 Å². The van der Waals surface area contributed by atoms with Gasteiger partial charge in [0.25, 0.3) is 0 Å². The van der Waals surface area contributed by atoms with Gasteiger partial charge in [0.15, 0.2) is 0 Å². The topological polar surface area (TPSA) is 38.5 Å². The Labute approximate surface area is 126 Å². The summed E-state index contributed by atoms with van der Waals surface area (Å²) >= 11 is 0. The van der Waals surface area contributed by atoms with E-state index < -0.39 is 0 Å². The van der Waals surface area contributed by atoms with Crippen LogP contribution in [-0.2, 0) is 6.42 Å². The summed E-state index contributed by atoms with van der Waals surface area (Å²) < 4.78 is 5.37. The Morgan fingerprint density at radius 2 is 2.19 bits per heavy atom. The third kappa shape index (κ3) is 3.20. The minimum atomic E-state index is 0.744. The highest BCUT2D eigenvalue weighted by atomic mass is 16.5. The zero-order valence-electron chi connectivity index (χ0n) is 12.7. The molecule has 0 saturated carbocycles. The summed E-state index contributed by atoms with van der Waals surface area (Å²) in [4.78, 5) is 2.48. The van der Waals surface area contributed by atoms with Gasteiger partial charge < -0.3 is 15.4 Å². The number of hydrogen-bond acceptors (Lipinski definition) is 3. The molecule has 21 heavy (non-hydrogen) atoms. The van der Waals surface area contributed by atoms with Crippen LogP contribution in [0.25, 0.3) is 10.8 Å². The molecule has 0 aliphatic carbocycles. The first-order chi connectivity index (χ1) is 10.3. The molecule has 2 N–H and O–H groups in total. The van der Waals surface area contributed by atoms with Gasteiger partial charge in [0.2, 0.25) is 0 Å². The van der Waals surface area contributed by atoms with Crippen molar-refractivity contribution in [2.45, 2.75) is 12.8 Å². The Morgan fingerprint density at radius 1 is 1.29 bits per heavy atom. The van der Waals surface area contributed by atoms with Crippen molar-refractivity contribution in [3.63, 3.8) is 0 Å². The zero-order chi connectivity index (χ0) is 14.7. The quantitative estimate of drug-likeness (QED) is 0.917. The molecule has 2 aromatic rings. The van der Waals surface area contributed by atoms with Gasteiger partial charge in [-0.1, -0.05) is 24.3 Å². The number of ether oxygens (including phenoxy) is 1. The van der Waals surface area contributed by atoms with Gasteiger partial charge in [-0.05, 0) is 53.8 Å². The number of nitrogens with zero attached hydrogens (tertiary/aromatic N) is 1. The van der Waals surface area contributed by atoms with Crippen LogP contribution in [0.3, 0.4) is 0 Å². The molecule has 3 heteroatoms. The first-order valence-electron chi connectivity index (χ1n) is 7.78. The van der Waals surface area contributed by atoms with E-state index in [0.29, 0.717) is 0 Å². The van der Waals surface area contributed by atoms with Crippen LogP contribution in [0.5, 0.6) is 5.75 Å². The van der Waals surface area contributed by atoms with E-state index in [9.17, 15) is 0 Å². The molecule has 1 aliphatic heterocycles. The summed E-state index contributed by atoms with van der Waals surface area (Å²) in [6.07, 6.45) is 2.42. The van der Waals surface area contributed by atoms with Crippen molar-refractivity contribution in [3.05, 3.63) is 42.0 Å². The molecule has 1 fully saturated rings. The van der Waals surface area contributed by atoms with Crippen LogP contribution in [0, 0.1) is 5.92 Å². The SMILES string of the molecule is COc1ccc2cccc(CC3CCN(CCN)C3)c2c1. The molecule has 1 aliphatic rings. The summed E-state index contributed by atoms with van der Waals surface area (Å²) in [6.45, 7) is 4.16. The lowest BCUT2D eigenvalue weighted by Gasteiger charge is -2.15. The normalized spacial score (nSPS) is 19.2. The van der Waals surface area contributed by atoms with E-state index in [1.54, 1.807) is 7.11 Å². The minimum absolute atomic E-state index is 0.744. The molecule has 1 heterocycles. The van der Waals surface area contributed by atoms with Crippen molar-refractivity contribution in [3.8, 4) is 5.75 Å². The predicted octanol–water partition coefficient (Wildman–Crippen LogP) is 2.67. The van der Waals surface area contributed by atoms with Gasteiger partial charge in [0.05, 0.1) is 7.11 Å². The lowest BCUT2D eigenvalue weighted by atomic mass is 9.94. The standard InChI is InChI=1S/C18H24N2O/c1-21-17-6-5-15-3-2-4-16(18(15)12-17)11-14-7-9-20(13-14)10-8-19/h2-6,12,14H,7-11,13,19H2,1H3. The molecule has 3 rings (SSSR count). The Morgan fingerprint density at radius 3 is 3.00 bits per heavy atom. The molecule has 0 spiro atoms. The molecular weight excluding hydrogens is 260 g/mol. The van der Waals surface area contributed by atoms with Gasteiger partial charge in [-0.15, -0.1) is 0 Å². The van der Waals surface area contributed by atoms with E-state index in [1.807, 2.05) is 6.07 Å². The fourth-order valence-corrected chi connectivity index (χ4v) is 3.40. The second-order valence-corrected chi connectivity index (χ2v) is 5.95. The Bertz CT molecular complexity index is 611. The summed E-state index contributed by atoms with van der Waals surface area (Å²) in [5.74, 6) is 1.68. The van der Waals surface area contributed by atoms with Crippen LogP contribution in [0.4, 0.5) is 0 Å². The van der Waals surface area contributed by atoms with E-state index in [1.165, 1.54) is 35.8 Å². The minimum Gasteiger partial charge on any atom is -0.497 e. The maximum Gasteiger partial charge on any atom is 0.119 e. The van der Waals surface area contributed by atoms with Crippen LogP contribution in [0.1, 0.15) is 12.0 Å². The van der Waals surface area contributed by atoms with Crippen molar-refractivity contribution in [1.82, 2.24) is 4.90 Å². The number of benzene rings is 2. The zero-order valence-corrected chi connectivity index (χ0v) is 12.7. The lowest BCUT2D eigenvalue weighted by molar-refractivity contribution is 0.333. The molecule has 0 aromatic heterocycles. The molecule has 1 saturated heterocycles. The second kappa shape index (κ2) is 6.46.